The lowest BCUT2D eigenvalue weighted by Crippen LogP contribution is -2.45. The molecule has 0 bridgehead atoms. The molecule has 0 aliphatic heterocycles. The van der Waals surface area contributed by atoms with Crippen LogP contribution in [0.5, 0.6) is 0 Å². The second-order valence-electron chi connectivity index (χ2n) is 5.27. The molecular formula is C16H23NO3. The van der Waals surface area contributed by atoms with E-state index >= 15 is 0 Å². The van der Waals surface area contributed by atoms with Crippen LogP contribution < -0.4 is 5.32 Å². The van der Waals surface area contributed by atoms with Crippen LogP contribution in [0.3, 0.4) is 0 Å². The summed E-state index contributed by atoms with van der Waals surface area (Å²) in [4.78, 5) is 12.7. The van der Waals surface area contributed by atoms with Crippen LogP contribution in [0.4, 0.5) is 0 Å². The Morgan fingerprint density at radius 3 is 2.35 bits per heavy atom. The first-order chi connectivity index (χ1) is 9.73. The number of ether oxygens (including phenoxy) is 2. The van der Waals surface area contributed by atoms with E-state index in [-0.39, 0.29) is 11.3 Å². The number of rotatable bonds is 6. The normalized spacial score (nSPS) is 17.4. The van der Waals surface area contributed by atoms with Crippen molar-refractivity contribution < 1.29 is 14.3 Å². The van der Waals surface area contributed by atoms with Gasteiger partial charge in [-0.25, -0.2) is 0 Å². The Hall–Kier alpha value is -1.39. The molecule has 0 atom stereocenters. The topological polar surface area (TPSA) is 47.6 Å². The van der Waals surface area contributed by atoms with Crippen molar-refractivity contribution in [2.24, 2.45) is 0 Å². The molecule has 4 heteroatoms. The number of hydrogen-bond acceptors (Lipinski definition) is 3. The van der Waals surface area contributed by atoms with Crippen molar-refractivity contribution >= 4 is 5.91 Å². The van der Waals surface area contributed by atoms with Gasteiger partial charge < -0.3 is 14.8 Å². The highest BCUT2D eigenvalue weighted by atomic mass is 16.7. The molecule has 0 aromatic heterocycles. The average molecular weight is 277 g/mol. The molecule has 1 N–H and O–H groups in total. The molecule has 0 unspecified atom stereocenters. The van der Waals surface area contributed by atoms with E-state index in [0.717, 1.165) is 31.2 Å². The van der Waals surface area contributed by atoms with Crippen LogP contribution in [-0.4, -0.2) is 33.0 Å². The van der Waals surface area contributed by atoms with E-state index in [2.05, 4.69) is 17.4 Å². The molecule has 110 valence electrons. The van der Waals surface area contributed by atoms with Crippen LogP contribution in [-0.2, 0) is 19.7 Å². The van der Waals surface area contributed by atoms with Crippen LogP contribution in [0.25, 0.3) is 0 Å². The van der Waals surface area contributed by atoms with E-state index < -0.39 is 6.29 Å². The van der Waals surface area contributed by atoms with E-state index in [4.69, 9.17) is 9.47 Å². The maximum absolute atomic E-state index is 12.7. The minimum absolute atomic E-state index is 0.0836. The summed E-state index contributed by atoms with van der Waals surface area (Å²) in [7, 11) is 3.14. The standard InChI is InChI=1S/C16H23NO3/c1-19-14(20-2)12-17-15(18)16(10-6-7-11-16)13-8-4-3-5-9-13/h3-5,8-9,14H,6-7,10-12H2,1-2H3,(H,17,18). The molecular weight excluding hydrogens is 254 g/mol. The third-order valence-corrected chi connectivity index (χ3v) is 4.17. The van der Waals surface area contributed by atoms with E-state index in [1.54, 1.807) is 14.2 Å². The maximum atomic E-state index is 12.7. The van der Waals surface area contributed by atoms with Gasteiger partial charge in [-0.2, -0.15) is 0 Å². The van der Waals surface area contributed by atoms with Gasteiger partial charge in [0.25, 0.3) is 0 Å². The van der Waals surface area contributed by atoms with Crippen molar-refractivity contribution in [3.05, 3.63) is 35.9 Å². The average Bonchev–Trinajstić information content (AvgIpc) is 3.00. The highest BCUT2D eigenvalue weighted by Gasteiger charge is 2.42. The Kier molecular flexibility index (Phi) is 5.15. The molecule has 20 heavy (non-hydrogen) atoms. The largest absolute Gasteiger partial charge is 0.354 e. The van der Waals surface area contributed by atoms with Gasteiger partial charge in [0.15, 0.2) is 6.29 Å². The molecule has 0 saturated heterocycles. The lowest BCUT2D eigenvalue weighted by atomic mass is 9.78. The van der Waals surface area contributed by atoms with Crippen molar-refractivity contribution in [2.45, 2.75) is 37.4 Å². The maximum Gasteiger partial charge on any atom is 0.230 e. The first kappa shape index (κ1) is 15.0. The molecule has 1 aliphatic carbocycles. The summed E-state index contributed by atoms with van der Waals surface area (Å²) in [6.07, 6.45) is 3.62. The van der Waals surface area contributed by atoms with Crippen molar-refractivity contribution in [2.75, 3.05) is 20.8 Å². The second kappa shape index (κ2) is 6.86. The second-order valence-corrected chi connectivity index (χ2v) is 5.27. The molecule has 1 aliphatic rings. The van der Waals surface area contributed by atoms with Gasteiger partial charge in [0.2, 0.25) is 5.91 Å². The Bertz CT molecular complexity index is 423. The van der Waals surface area contributed by atoms with Gasteiger partial charge in [0.05, 0.1) is 12.0 Å². The van der Waals surface area contributed by atoms with Gasteiger partial charge in [-0.3, -0.25) is 4.79 Å². The quantitative estimate of drug-likeness (QED) is 0.811. The molecule has 1 aromatic carbocycles. The summed E-state index contributed by atoms with van der Waals surface area (Å²) >= 11 is 0. The highest BCUT2D eigenvalue weighted by molar-refractivity contribution is 5.88. The molecule has 1 saturated carbocycles. The van der Waals surface area contributed by atoms with E-state index in [9.17, 15) is 4.79 Å². The summed E-state index contributed by atoms with van der Waals surface area (Å²) in [5.74, 6) is 0.0836. The minimum Gasteiger partial charge on any atom is -0.354 e. The Labute approximate surface area is 120 Å². The van der Waals surface area contributed by atoms with Crippen LogP contribution in [0, 0.1) is 0 Å². The van der Waals surface area contributed by atoms with Gasteiger partial charge in [-0.15, -0.1) is 0 Å². The number of benzene rings is 1. The zero-order valence-electron chi connectivity index (χ0n) is 12.2. The number of carbonyl (C=O) groups excluding carboxylic acids is 1. The van der Waals surface area contributed by atoms with Gasteiger partial charge >= 0.3 is 0 Å². The van der Waals surface area contributed by atoms with Crippen LogP contribution in [0.1, 0.15) is 31.2 Å². The van der Waals surface area contributed by atoms with Crippen molar-refractivity contribution in [3.8, 4) is 0 Å². The molecule has 0 heterocycles. The molecule has 0 spiro atoms. The van der Waals surface area contributed by atoms with E-state index in [1.165, 1.54) is 0 Å². The number of methoxy groups -OCH3 is 2. The summed E-state index contributed by atoms with van der Waals surface area (Å²) in [6.45, 7) is 0.375. The fourth-order valence-electron chi connectivity index (χ4n) is 2.99. The fraction of sp³-hybridized carbons (Fsp3) is 0.562. The number of nitrogens with one attached hydrogen (secondary N) is 1. The number of carbonyl (C=O) groups is 1. The first-order valence-electron chi connectivity index (χ1n) is 7.12. The molecule has 4 nitrogen and oxygen atoms in total. The smallest absolute Gasteiger partial charge is 0.230 e. The summed E-state index contributed by atoms with van der Waals surface area (Å²) in [5.41, 5.74) is 0.731. The minimum atomic E-state index is -0.395. The van der Waals surface area contributed by atoms with Crippen LogP contribution in [0.15, 0.2) is 30.3 Å². The molecule has 1 fully saturated rings. The molecule has 1 amide bonds. The molecule has 1 aromatic rings. The first-order valence-corrected chi connectivity index (χ1v) is 7.12. The zero-order valence-corrected chi connectivity index (χ0v) is 12.2. The number of amides is 1. The van der Waals surface area contributed by atoms with Crippen LogP contribution in [0.2, 0.25) is 0 Å². The third-order valence-electron chi connectivity index (χ3n) is 4.17. The third kappa shape index (κ3) is 3.02. The summed E-state index contributed by atoms with van der Waals surface area (Å²) in [6, 6.07) is 10.1. The Balaban J connectivity index is 2.11. The summed E-state index contributed by atoms with van der Waals surface area (Å²) < 4.78 is 10.2. The summed E-state index contributed by atoms with van der Waals surface area (Å²) in [5, 5.41) is 2.98. The van der Waals surface area contributed by atoms with Gasteiger partial charge in [-0.05, 0) is 18.4 Å². The lowest BCUT2D eigenvalue weighted by Gasteiger charge is -2.29. The fourth-order valence-corrected chi connectivity index (χ4v) is 2.99. The molecule has 2 rings (SSSR count). The lowest BCUT2D eigenvalue weighted by molar-refractivity contribution is -0.132. The van der Waals surface area contributed by atoms with Crippen molar-refractivity contribution in [1.82, 2.24) is 5.32 Å². The van der Waals surface area contributed by atoms with Gasteiger partial charge in [-0.1, -0.05) is 43.2 Å². The Morgan fingerprint density at radius 2 is 1.80 bits per heavy atom. The number of hydrogen-bond donors (Lipinski definition) is 1. The monoisotopic (exact) mass is 277 g/mol. The highest BCUT2D eigenvalue weighted by Crippen LogP contribution is 2.41. The van der Waals surface area contributed by atoms with Crippen molar-refractivity contribution in [1.29, 1.82) is 0 Å². The van der Waals surface area contributed by atoms with Crippen LogP contribution >= 0.6 is 0 Å². The SMILES string of the molecule is COC(CNC(=O)C1(c2ccccc2)CCCC1)OC. The zero-order chi connectivity index (χ0) is 14.4. The predicted molar refractivity (Wildman–Crippen MR) is 77.4 cm³/mol. The predicted octanol–water partition coefficient (Wildman–Crippen LogP) is 2.23. The van der Waals surface area contributed by atoms with E-state index in [1.807, 2.05) is 18.2 Å². The van der Waals surface area contributed by atoms with Gasteiger partial charge in [0.1, 0.15) is 0 Å². The van der Waals surface area contributed by atoms with Crippen molar-refractivity contribution in [3.63, 3.8) is 0 Å². The molecule has 0 radical (unpaired) electrons. The Morgan fingerprint density at radius 1 is 1.20 bits per heavy atom. The van der Waals surface area contributed by atoms with E-state index in [0.29, 0.717) is 6.54 Å². The van der Waals surface area contributed by atoms with Gasteiger partial charge in [0, 0.05) is 14.2 Å².